The summed E-state index contributed by atoms with van der Waals surface area (Å²) < 4.78 is 5.27. The van der Waals surface area contributed by atoms with Crippen LogP contribution < -0.4 is 5.32 Å². The third-order valence-electron chi connectivity index (χ3n) is 7.14. The molecule has 3 aliphatic rings. The molecule has 1 aliphatic heterocycles. The van der Waals surface area contributed by atoms with Gasteiger partial charge in [0.15, 0.2) is 6.61 Å². The molecular weight excluding hydrogens is 396 g/mol. The zero-order valence-corrected chi connectivity index (χ0v) is 18.2. The summed E-state index contributed by atoms with van der Waals surface area (Å²) in [7, 11) is 0. The topological polar surface area (TPSA) is 92.8 Å². The highest BCUT2D eigenvalue weighted by Gasteiger charge is 2.62. The van der Waals surface area contributed by atoms with E-state index >= 15 is 0 Å². The molecule has 166 valence electrons. The summed E-state index contributed by atoms with van der Waals surface area (Å²) in [6.45, 7) is 4.97. The van der Waals surface area contributed by atoms with Gasteiger partial charge in [0.1, 0.15) is 6.04 Å². The number of esters is 1. The fourth-order valence-electron chi connectivity index (χ4n) is 5.71. The molecule has 31 heavy (non-hydrogen) atoms. The van der Waals surface area contributed by atoms with Crippen LogP contribution >= 0.6 is 0 Å². The molecule has 6 atom stereocenters. The molecule has 4 rings (SSSR count). The lowest BCUT2D eigenvalue weighted by Gasteiger charge is -2.29. The Morgan fingerprint density at radius 1 is 1.03 bits per heavy atom. The van der Waals surface area contributed by atoms with Gasteiger partial charge in [0, 0.05) is 0 Å². The number of rotatable bonds is 7. The first kappa shape index (κ1) is 21.5. The van der Waals surface area contributed by atoms with E-state index in [1.807, 2.05) is 37.3 Å². The van der Waals surface area contributed by atoms with E-state index in [0.29, 0.717) is 0 Å². The maximum atomic E-state index is 13.1. The molecule has 0 unspecified atom stereocenters. The Morgan fingerprint density at radius 2 is 1.61 bits per heavy atom. The molecule has 2 bridgehead atoms. The van der Waals surface area contributed by atoms with E-state index in [0.717, 1.165) is 29.7 Å². The van der Waals surface area contributed by atoms with Gasteiger partial charge >= 0.3 is 5.97 Å². The SMILES string of the molecule is CC(C)[C@H](C(=O)OCC(=O)N[C@@H](C)c1ccccc1)N1C(=O)[C@@H]2[C@H]3CC[C@@H](C3)[C@@H]2C1=O. The summed E-state index contributed by atoms with van der Waals surface area (Å²) in [5, 5.41) is 2.80. The smallest absolute Gasteiger partial charge is 0.330 e. The van der Waals surface area contributed by atoms with Gasteiger partial charge in [-0.1, -0.05) is 44.2 Å². The fourth-order valence-corrected chi connectivity index (χ4v) is 5.71. The van der Waals surface area contributed by atoms with Crippen LogP contribution in [0.5, 0.6) is 0 Å². The van der Waals surface area contributed by atoms with Gasteiger partial charge in [0.05, 0.1) is 17.9 Å². The molecule has 0 radical (unpaired) electrons. The van der Waals surface area contributed by atoms with Crippen LogP contribution in [0.4, 0.5) is 0 Å². The van der Waals surface area contributed by atoms with Crippen molar-refractivity contribution in [3.8, 4) is 0 Å². The lowest BCUT2D eigenvalue weighted by molar-refractivity contribution is -0.162. The number of hydrogen-bond donors (Lipinski definition) is 1. The largest absolute Gasteiger partial charge is 0.454 e. The number of carbonyl (C=O) groups excluding carboxylic acids is 4. The van der Waals surface area contributed by atoms with Crippen LogP contribution in [0, 0.1) is 29.6 Å². The first-order valence-electron chi connectivity index (χ1n) is 11.2. The summed E-state index contributed by atoms with van der Waals surface area (Å²) in [6, 6.07) is 8.25. The van der Waals surface area contributed by atoms with Crippen molar-refractivity contribution in [3.05, 3.63) is 35.9 Å². The molecule has 1 aromatic carbocycles. The monoisotopic (exact) mass is 426 g/mol. The maximum absolute atomic E-state index is 13.1. The van der Waals surface area contributed by atoms with E-state index in [1.165, 1.54) is 0 Å². The van der Waals surface area contributed by atoms with Crippen molar-refractivity contribution in [2.45, 2.75) is 52.1 Å². The number of ether oxygens (including phenoxy) is 1. The van der Waals surface area contributed by atoms with E-state index in [1.54, 1.807) is 13.8 Å². The second-order valence-corrected chi connectivity index (χ2v) is 9.43. The Kier molecular flexibility index (Phi) is 5.86. The number of carbonyl (C=O) groups is 4. The van der Waals surface area contributed by atoms with Crippen molar-refractivity contribution in [3.63, 3.8) is 0 Å². The van der Waals surface area contributed by atoms with Crippen LogP contribution in [0.1, 0.15) is 51.6 Å². The van der Waals surface area contributed by atoms with Crippen molar-refractivity contribution in [2.24, 2.45) is 29.6 Å². The predicted octanol–water partition coefficient (Wildman–Crippen LogP) is 2.46. The van der Waals surface area contributed by atoms with Gasteiger partial charge in [0.2, 0.25) is 11.8 Å². The van der Waals surface area contributed by atoms with E-state index in [9.17, 15) is 19.2 Å². The van der Waals surface area contributed by atoms with Gasteiger partial charge in [-0.05, 0) is 49.5 Å². The van der Waals surface area contributed by atoms with E-state index < -0.39 is 24.5 Å². The number of likely N-dealkylation sites (tertiary alicyclic amines) is 1. The molecule has 2 saturated carbocycles. The van der Waals surface area contributed by atoms with Crippen molar-refractivity contribution >= 4 is 23.7 Å². The number of imide groups is 1. The Morgan fingerprint density at radius 3 is 2.16 bits per heavy atom. The lowest BCUT2D eigenvalue weighted by atomic mass is 9.81. The molecule has 0 spiro atoms. The molecule has 1 heterocycles. The number of nitrogens with one attached hydrogen (secondary N) is 1. The van der Waals surface area contributed by atoms with Crippen molar-refractivity contribution < 1.29 is 23.9 Å². The molecule has 7 nitrogen and oxygen atoms in total. The third kappa shape index (κ3) is 3.86. The van der Waals surface area contributed by atoms with Crippen molar-refractivity contribution in [2.75, 3.05) is 6.61 Å². The van der Waals surface area contributed by atoms with Crippen LogP contribution in [0.3, 0.4) is 0 Å². The van der Waals surface area contributed by atoms with Crippen molar-refractivity contribution in [1.29, 1.82) is 0 Å². The third-order valence-corrected chi connectivity index (χ3v) is 7.14. The van der Waals surface area contributed by atoms with E-state index in [4.69, 9.17) is 4.74 Å². The maximum Gasteiger partial charge on any atom is 0.330 e. The molecule has 3 amide bonds. The minimum absolute atomic E-state index is 0.232. The first-order valence-corrected chi connectivity index (χ1v) is 11.2. The molecule has 1 saturated heterocycles. The number of benzene rings is 1. The Labute approximate surface area is 182 Å². The summed E-state index contributed by atoms with van der Waals surface area (Å²) in [4.78, 5) is 52.5. The summed E-state index contributed by atoms with van der Waals surface area (Å²) in [5.41, 5.74) is 0.941. The summed E-state index contributed by atoms with van der Waals surface area (Å²) in [6.07, 6.45) is 2.90. The second-order valence-electron chi connectivity index (χ2n) is 9.43. The standard InChI is InChI=1S/C24H30N2O5/c1-13(2)21(26-22(28)19-16-9-10-17(11-16)20(19)23(26)29)24(30)31-12-18(27)25-14(3)15-7-5-4-6-8-15/h4-8,13-14,16-17,19-21H,9-12H2,1-3H3,(H,25,27)/t14-,16-,17-,19-,20+,21+/m0/s1. The van der Waals surface area contributed by atoms with Gasteiger partial charge in [-0.2, -0.15) is 0 Å². The highest BCUT2D eigenvalue weighted by Crippen LogP contribution is 2.56. The van der Waals surface area contributed by atoms with Gasteiger partial charge in [-0.3, -0.25) is 19.3 Å². The molecule has 3 fully saturated rings. The molecule has 7 heteroatoms. The zero-order valence-electron chi connectivity index (χ0n) is 18.2. The second kappa shape index (κ2) is 8.44. The fraction of sp³-hybridized carbons (Fsp3) is 0.583. The average Bonchev–Trinajstić information content (AvgIpc) is 3.42. The average molecular weight is 427 g/mol. The molecule has 0 aromatic heterocycles. The number of fused-ring (bicyclic) bond motifs is 5. The van der Waals surface area contributed by atoms with Crippen LogP contribution in [-0.4, -0.2) is 41.2 Å². The quantitative estimate of drug-likeness (QED) is 0.534. The zero-order chi connectivity index (χ0) is 22.3. The number of amides is 3. The number of hydrogen-bond acceptors (Lipinski definition) is 5. The Balaban J connectivity index is 1.39. The highest BCUT2D eigenvalue weighted by molar-refractivity contribution is 6.08. The first-order chi connectivity index (χ1) is 14.8. The van der Waals surface area contributed by atoms with Crippen LogP contribution in [0.2, 0.25) is 0 Å². The van der Waals surface area contributed by atoms with Crippen LogP contribution in [-0.2, 0) is 23.9 Å². The predicted molar refractivity (Wildman–Crippen MR) is 112 cm³/mol. The lowest BCUT2D eigenvalue weighted by Crippen LogP contribution is -2.50. The van der Waals surface area contributed by atoms with Gasteiger partial charge in [-0.15, -0.1) is 0 Å². The molecular formula is C24H30N2O5. The molecule has 1 aromatic rings. The summed E-state index contributed by atoms with van der Waals surface area (Å²) >= 11 is 0. The highest BCUT2D eigenvalue weighted by atomic mass is 16.5. The van der Waals surface area contributed by atoms with Crippen LogP contribution in [0.15, 0.2) is 30.3 Å². The normalized spacial score (nSPS) is 28.6. The molecule has 2 aliphatic carbocycles. The minimum Gasteiger partial charge on any atom is -0.454 e. The van der Waals surface area contributed by atoms with E-state index in [2.05, 4.69) is 5.32 Å². The van der Waals surface area contributed by atoms with Gasteiger partial charge in [0.25, 0.3) is 5.91 Å². The minimum atomic E-state index is -0.996. The molecule has 1 N–H and O–H groups in total. The van der Waals surface area contributed by atoms with Gasteiger partial charge < -0.3 is 10.1 Å². The van der Waals surface area contributed by atoms with Crippen molar-refractivity contribution in [1.82, 2.24) is 10.2 Å². The Hall–Kier alpha value is -2.70. The Bertz CT molecular complexity index is 855. The van der Waals surface area contributed by atoms with Gasteiger partial charge in [-0.25, -0.2) is 4.79 Å². The number of nitrogens with zero attached hydrogens (tertiary/aromatic N) is 1. The van der Waals surface area contributed by atoms with E-state index in [-0.39, 0.29) is 47.4 Å². The van der Waals surface area contributed by atoms with Crippen LogP contribution in [0.25, 0.3) is 0 Å². The summed E-state index contributed by atoms with van der Waals surface area (Å²) in [5.74, 6) is -1.96.